The molecule has 0 fully saturated rings. The summed E-state index contributed by atoms with van der Waals surface area (Å²) in [6.07, 6.45) is 2.67. The van der Waals surface area contributed by atoms with Crippen LogP contribution in [0.25, 0.3) is 0 Å². The molecule has 1 unspecified atom stereocenters. The van der Waals surface area contributed by atoms with E-state index in [1.165, 1.54) is 13.4 Å². The van der Waals surface area contributed by atoms with Crippen LogP contribution in [-0.2, 0) is 0 Å². The van der Waals surface area contributed by atoms with Gasteiger partial charge in [-0.1, -0.05) is 26.7 Å². The van der Waals surface area contributed by atoms with E-state index < -0.39 is 6.10 Å². The summed E-state index contributed by atoms with van der Waals surface area (Å²) < 4.78 is 4.97. The molecule has 0 saturated carbocycles. The minimum Gasteiger partial charge on any atom is -0.489 e. The predicted molar refractivity (Wildman–Crippen MR) is 70.0 cm³/mol. The number of aliphatic hydroxyl groups excluding tert-OH is 1. The van der Waals surface area contributed by atoms with Crippen molar-refractivity contribution in [2.45, 2.75) is 32.8 Å². The molecular weight excluding hydrogens is 234 g/mol. The minimum absolute atomic E-state index is 0.134. The van der Waals surface area contributed by atoms with Crippen LogP contribution in [0.3, 0.4) is 0 Å². The highest BCUT2D eigenvalue weighted by Crippen LogP contribution is 2.17. The van der Waals surface area contributed by atoms with Gasteiger partial charge >= 0.3 is 0 Å². The van der Waals surface area contributed by atoms with E-state index in [0.717, 1.165) is 12.8 Å². The molecule has 0 radical (unpaired) electrons. The third-order valence-electron chi connectivity index (χ3n) is 3.09. The molecule has 6 nitrogen and oxygen atoms in total. The predicted octanol–water partition coefficient (Wildman–Crippen LogP) is 0.988. The second-order valence-corrected chi connectivity index (χ2v) is 4.14. The lowest BCUT2D eigenvalue weighted by molar-refractivity contribution is 0.114. The van der Waals surface area contributed by atoms with Gasteiger partial charge in [-0.25, -0.2) is 4.98 Å². The van der Waals surface area contributed by atoms with Gasteiger partial charge in [0, 0.05) is 6.54 Å². The topological polar surface area (TPSA) is 87.2 Å². The van der Waals surface area contributed by atoms with Gasteiger partial charge in [0.2, 0.25) is 5.75 Å². The van der Waals surface area contributed by atoms with E-state index in [0.29, 0.717) is 12.4 Å². The van der Waals surface area contributed by atoms with Crippen molar-refractivity contribution in [3.63, 3.8) is 0 Å². The lowest BCUT2D eigenvalue weighted by Crippen LogP contribution is -2.28. The average molecular weight is 255 g/mol. The van der Waals surface area contributed by atoms with Crippen molar-refractivity contribution in [1.29, 1.82) is 0 Å². The molecule has 18 heavy (non-hydrogen) atoms. The van der Waals surface area contributed by atoms with Crippen LogP contribution >= 0.6 is 0 Å². The van der Waals surface area contributed by atoms with Crippen molar-refractivity contribution in [1.82, 2.24) is 9.97 Å². The summed E-state index contributed by atoms with van der Waals surface area (Å²) >= 11 is 0. The summed E-state index contributed by atoms with van der Waals surface area (Å²) in [4.78, 5) is 17.9. The lowest BCUT2D eigenvalue weighted by Gasteiger charge is -2.20. The van der Waals surface area contributed by atoms with Crippen molar-refractivity contribution in [3.05, 3.63) is 16.7 Å². The summed E-state index contributed by atoms with van der Waals surface area (Å²) in [5.74, 6) is 0.728. The molecule has 0 aliphatic heterocycles. The molecule has 0 spiro atoms. The van der Waals surface area contributed by atoms with Crippen LogP contribution < -0.4 is 15.6 Å². The Kier molecular flexibility index (Phi) is 5.64. The highest BCUT2D eigenvalue weighted by molar-refractivity contribution is 5.47. The third kappa shape index (κ3) is 3.46. The van der Waals surface area contributed by atoms with E-state index in [2.05, 4.69) is 15.3 Å². The number of rotatable bonds is 7. The minimum atomic E-state index is -0.467. The number of methoxy groups -OCH3 is 1. The first kappa shape index (κ1) is 14.5. The highest BCUT2D eigenvalue weighted by atomic mass is 16.5. The molecule has 0 aliphatic carbocycles. The van der Waals surface area contributed by atoms with Crippen LogP contribution in [0.2, 0.25) is 0 Å². The Morgan fingerprint density at radius 2 is 2.17 bits per heavy atom. The van der Waals surface area contributed by atoms with Gasteiger partial charge in [0.15, 0.2) is 5.82 Å². The number of ether oxygens (including phenoxy) is 1. The molecule has 6 heteroatoms. The third-order valence-corrected chi connectivity index (χ3v) is 3.09. The second kappa shape index (κ2) is 7.00. The number of aromatic nitrogens is 2. The van der Waals surface area contributed by atoms with Crippen molar-refractivity contribution in [2.24, 2.45) is 5.92 Å². The maximum atomic E-state index is 11.4. The molecule has 1 heterocycles. The van der Waals surface area contributed by atoms with E-state index in [9.17, 15) is 9.90 Å². The quantitative estimate of drug-likeness (QED) is 0.676. The summed E-state index contributed by atoms with van der Waals surface area (Å²) in [6.45, 7) is 4.44. The Morgan fingerprint density at radius 1 is 1.50 bits per heavy atom. The molecule has 0 bridgehead atoms. The molecule has 0 aromatic carbocycles. The monoisotopic (exact) mass is 255 g/mol. The molecule has 1 rings (SSSR count). The normalized spacial score (nSPS) is 12.5. The van der Waals surface area contributed by atoms with Gasteiger partial charge in [0.25, 0.3) is 5.56 Å². The lowest BCUT2D eigenvalue weighted by atomic mass is 9.96. The largest absolute Gasteiger partial charge is 0.489 e. The zero-order valence-electron chi connectivity index (χ0n) is 11.1. The molecule has 1 aromatic rings. The van der Waals surface area contributed by atoms with Gasteiger partial charge in [0.1, 0.15) is 0 Å². The summed E-state index contributed by atoms with van der Waals surface area (Å²) in [6, 6.07) is 0. The Labute approximate surface area is 106 Å². The highest BCUT2D eigenvalue weighted by Gasteiger charge is 2.16. The molecule has 1 aromatic heterocycles. The van der Waals surface area contributed by atoms with Crippen molar-refractivity contribution in [2.75, 3.05) is 19.0 Å². The van der Waals surface area contributed by atoms with E-state index in [1.807, 2.05) is 13.8 Å². The van der Waals surface area contributed by atoms with Gasteiger partial charge in [-0.15, -0.1) is 0 Å². The van der Waals surface area contributed by atoms with Crippen LogP contribution in [0, 0.1) is 5.92 Å². The van der Waals surface area contributed by atoms with E-state index in [1.54, 1.807) is 0 Å². The second-order valence-electron chi connectivity index (χ2n) is 4.14. The van der Waals surface area contributed by atoms with E-state index in [-0.39, 0.29) is 17.2 Å². The fraction of sp³-hybridized carbons (Fsp3) is 0.667. The number of aliphatic hydroxyl groups is 1. The van der Waals surface area contributed by atoms with Crippen molar-refractivity contribution in [3.8, 4) is 5.75 Å². The number of anilines is 1. The Morgan fingerprint density at radius 3 is 2.72 bits per heavy atom. The van der Waals surface area contributed by atoms with Crippen molar-refractivity contribution >= 4 is 5.82 Å². The first-order valence-corrected chi connectivity index (χ1v) is 6.17. The molecule has 1 atom stereocenters. The van der Waals surface area contributed by atoms with E-state index in [4.69, 9.17) is 4.74 Å². The Hall–Kier alpha value is -1.56. The maximum Gasteiger partial charge on any atom is 0.295 e. The Bertz CT molecular complexity index is 415. The van der Waals surface area contributed by atoms with Gasteiger partial charge in [0.05, 0.1) is 19.5 Å². The number of aromatic amines is 1. The fourth-order valence-electron chi connectivity index (χ4n) is 1.90. The molecule has 0 aliphatic rings. The molecule has 0 amide bonds. The van der Waals surface area contributed by atoms with E-state index >= 15 is 0 Å². The number of hydrogen-bond donors (Lipinski definition) is 3. The maximum absolute atomic E-state index is 11.4. The first-order chi connectivity index (χ1) is 8.63. The molecule has 0 saturated heterocycles. The molecule has 102 valence electrons. The summed E-state index contributed by atoms with van der Waals surface area (Å²) in [5.41, 5.74) is -0.341. The number of hydrogen-bond acceptors (Lipinski definition) is 5. The van der Waals surface area contributed by atoms with Gasteiger partial charge < -0.3 is 20.1 Å². The van der Waals surface area contributed by atoms with Crippen LogP contribution in [0.1, 0.15) is 26.7 Å². The van der Waals surface area contributed by atoms with Crippen molar-refractivity contribution < 1.29 is 9.84 Å². The fourth-order valence-corrected chi connectivity index (χ4v) is 1.90. The standard InChI is InChI=1S/C12H21N3O3/c1-4-8(5-2)9(16)6-13-11-10(18-3)12(17)15-7-14-11/h7-9,16H,4-6H2,1-3H3,(H2,13,14,15,17). The van der Waals surface area contributed by atoms with Gasteiger partial charge in [-0.2, -0.15) is 0 Å². The molecular formula is C12H21N3O3. The number of nitrogens with one attached hydrogen (secondary N) is 2. The Balaban J connectivity index is 2.69. The number of nitrogens with zero attached hydrogens (tertiary/aromatic N) is 1. The van der Waals surface area contributed by atoms with Crippen LogP contribution in [-0.4, -0.2) is 34.8 Å². The zero-order valence-corrected chi connectivity index (χ0v) is 11.1. The average Bonchev–Trinajstić information content (AvgIpc) is 2.37. The first-order valence-electron chi connectivity index (χ1n) is 6.17. The summed E-state index contributed by atoms with van der Waals surface area (Å²) in [7, 11) is 1.41. The van der Waals surface area contributed by atoms with Gasteiger partial charge in [-0.05, 0) is 5.92 Å². The molecule has 3 N–H and O–H groups in total. The van der Waals surface area contributed by atoms with Crippen LogP contribution in [0.5, 0.6) is 5.75 Å². The number of H-pyrrole nitrogens is 1. The smallest absolute Gasteiger partial charge is 0.295 e. The zero-order chi connectivity index (χ0) is 13.5. The SMILES string of the molecule is CCC(CC)C(O)CNc1nc[nH]c(=O)c1OC. The van der Waals surface area contributed by atoms with Gasteiger partial charge in [-0.3, -0.25) is 4.79 Å². The summed E-state index contributed by atoms with van der Waals surface area (Å²) in [5, 5.41) is 12.9. The van der Waals surface area contributed by atoms with Crippen LogP contribution in [0.15, 0.2) is 11.1 Å². The van der Waals surface area contributed by atoms with Crippen LogP contribution in [0.4, 0.5) is 5.82 Å².